The van der Waals surface area contributed by atoms with Gasteiger partial charge in [-0.2, -0.15) is 0 Å². The van der Waals surface area contributed by atoms with Crippen molar-refractivity contribution in [3.8, 4) is 5.75 Å². The van der Waals surface area contributed by atoms with Gasteiger partial charge in [-0.3, -0.25) is 19.3 Å². The van der Waals surface area contributed by atoms with Gasteiger partial charge < -0.3 is 14.4 Å². The van der Waals surface area contributed by atoms with Crippen LogP contribution >= 0.6 is 0 Å². The number of benzene rings is 1. The number of amides is 3. The Hall–Kier alpha value is -2.41. The molecular weight excluding hydrogens is 408 g/mol. The Morgan fingerprint density at radius 2 is 1.88 bits per heavy atom. The first-order valence-corrected chi connectivity index (χ1v) is 11.9. The number of imide groups is 1. The van der Waals surface area contributed by atoms with Gasteiger partial charge in [0, 0.05) is 38.6 Å². The van der Waals surface area contributed by atoms with Gasteiger partial charge in [0.2, 0.25) is 17.7 Å². The van der Waals surface area contributed by atoms with Crippen LogP contribution < -0.4 is 4.74 Å². The van der Waals surface area contributed by atoms with E-state index >= 15 is 0 Å². The van der Waals surface area contributed by atoms with Gasteiger partial charge in [-0.1, -0.05) is 25.0 Å². The Morgan fingerprint density at radius 1 is 1.16 bits per heavy atom. The lowest BCUT2D eigenvalue weighted by Crippen LogP contribution is -2.46. The minimum Gasteiger partial charge on any atom is -0.497 e. The lowest BCUT2D eigenvalue weighted by Gasteiger charge is -2.32. The summed E-state index contributed by atoms with van der Waals surface area (Å²) in [5.41, 5.74) is -0.453. The molecule has 2 aliphatic heterocycles. The van der Waals surface area contributed by atoms with E-state index in [-0.39, 0.29) is 42.7 Å². The SMILES string of the molecule is CCN(CC1CCCO1)C(=O)CC1(c2ccc(OC)cc2)CC(=O)N(C2CCCC2)C1=O. The standard InChI is InChI=1S/C25H34N2O5/c1-3-26(17-21-9-6-14-32-21)22(28)15-25(18-10-12-20(31-2)13-11-18)16-23(29)27(24(25)30)19-7-4-5-8-19/h10-13,19,21H,3-9,14-17H2,1-2H3. The highest BCUT2D eigenvalue weighted by Gasteiger charge is 2.56. The summed E-state index contributed by atoms with van der Waals surface area (Å²) in [6.07, 6.45) is 5.80. The maximum atomic E-state index is 13.8. The maximum Gasteiger partial charge on any atom is 0.241 e. The lowest BCUT2D eigenvalue weighted by molar-refractivity contribution is -0.145. The molecule has 0 bridgehead atoms. The average Bonchev–Trinajstić information content (AvgIpc) is 3.55. The Balaban J connectivity index is 1.63. The number of methoxy groups -OCH3 is 1. The molecule has 4 rings (SSSR count). The molecule has 3 amide bonds. The number of carbonyl (C=O) groups excluding carboxylic acids is 3. The van der Waals surface area contributed by atoms with Gasteiger partial charge in [0.15, 0.2) is 0 Å². The molecule has 0 spiro atoms. The predicted octanol–water partition coefficient (Wildman–Crippen LogP) is 3.05. The second kappa shape index (κ2) is 9.61. The second-order valence-electron chi connectivity index (χ2n) is 9.24. The fourth-order valence-corrected chi connectivity index (χ4v) is 5.48. The highest BCUT2D eigenvalue weighted by Crippen LogP contribution is 2.43. The van der Waals surface area contributed by atoms with Crippen LogP contribution in [0.25, 0.3) is 0 Å². The van der Waals surface area contributed by atoms with Crippen LogP contribution in [-0.4, -0.2) is 66.5 Å². The van der Waals surface area contributed by atoms with Gasteiger partial charge in [0.05, 0.1) is 18.6 Å². The molecule has 1 aromatic carbocycles. The summed E-state index contributed by atoms with van der Waals surface area (Å²) in [7, 11) is 1.59. The molecule has 1 saturated carbocycles. The minimum absolute atomic E-state index is 0.00627. The molecule has 32 heavy (non-hydrogen) atoms. The zero-order valence-electron chi connectivity index (χ0n) is 19.2. The summed E-state index contributed by atoms with van der Waals surface area (Å²) >= 11 is 0. The molecule has 2 unspecified atom stereocenters. The smallest absolute Gasteiger partial charge is 0.241 e. The second-order valence-corrected chi connectivity index (χ2v) is 9.24. The first kappa shape index (κ1) is 22.8. The zero-order valence-corrected chi connectivity index (χ0v) is 19.2. The van der Waals surface area contributed by atoms with Crippen LogP contribution in [0.5, 0.6) is 5.75 Å². The van der Waals surface area contributed by atoms with Gasteiger partial charge in [-0.15, -0.1) is 0 Å². The molecule has 0 aromatic heterocycles. The molecule has 1 aromatic rings. The van der Waals surface area contributed by atoms with E-state index < -0.39 is 5.41 Å². The molecule has 3 fully saturated rings. The van der Waals surface area contributed by atoms with Crippen LogP contribution in [-0.2, 0) is 24.5 Å². The number of likely N-dealkylation sites (N-methyl/N-ethyl adjacent to an activating group) is 1. The monoisotopic (exact) mass is 442 g/mol. The fraction of sp³-hybridized carbons (Fsp3) is 0.640. The van der Waals surface area contributed by atoms with Crippen LogP contribution in [0.3, 0.4) is 0 Å². The summed E-state index contributed by atoms with van der Waals surface area (Å²) in [4.78, 5) is 43.7. The van der Waals surface area contributed by atoms with Crippen LogP contribution in [0.1, 0.15) is 63.9 Å². The molecule has 3 aliphatic rings. The van der Waals surface area contributed by atoms with E-state index in [4.69, 9.17) is 9.47 Å². The molecule has 7 nitrogen and oxygen atoms in total. The van der Waals surface area contributed by atoms with Crippen molar-refractivity contribution in [1.29, 1.82) is 0 Å². The van der Waals surface area contributed by atoms with E-state index in [1.807, 2.05) is 19.1 Å². The molecule has 174 valence electrons. The number of carbonyl (C=O) groups is 3. The number of hydrogen-bond donors (Lipinski definition) is 0. The Morgan fingerprint density at radius 3 is 2.47 bits per heavy atom. The predicted molar refractivity (Wildman–Crippen MR) is 119 cm³/mol. The molecule has 1 aliphatic carbocycles. The van der Waals surface area contributed by atoms with Crippen molar-refractivity contribution in [3.63, 3.8) is 0 Å². The van der Waals surface area contributed by atoms with Crippen molar-refractivity contribution in [1.82, 2.24) is 9.80 Å². The van der Waals surface area contributed by atoms with E-state index in [1.54, 1.807) is 24.1 Å². The van der Waals surface area contributed by atoms with Crippen LogP contribution in [0.2, 0.25) is 0 Å². The van der Waals surface area contributed by atoms with Crippen LogP contribution in [0.15, 0.2) is 24.3 Å². The van der Waals surface area contributed by atoms with Crippen molar-refractivity contribution >= 4 is 17.7 Å². The van der Waals surface area contributed by atoms with Crippen molar-refractivity contribution in [2.45, 2.75) is 75.9 Å². The third-order valence-corrected chi connectivity index (χ3v) is 7.32. The summed E-state index contributed by atoms with van der Waals surface area (Å²) in [6, 6.07) is 7.19. The summed E-state index contributed by atoms with van der Waals surface area (Å²) in [5.74, 6) is 0.190. The van der Waals surface area contributed by atoms with Gasteiger partial charge in [-0.25, -0.2) is 0 Å². The van der Waals surface area contributed by atoms with Crippen LogP contribution in [0, 0.1) is 0 Å². The highest BCUT2D eigenvalue weighted by molar-refractivity contribution is 6.11. The Kier molecular flexibility index (Phi) is 6.84. The zero-order chi connectivity index (χ0) is 22.7. The molecule has 0 radical (unpaired) electrons. The van der Waals surface area contributed by atoms with Crippen molar-refractivity contribution < 1.29 is 23.9 Å². The average molecular weight is 443 g/mol. The molecule has 2 atom stereocenters. The van der Waals surface area contributed by atoms with E-state index in [2.05, 4.69) is 0 Å². The number of nitrogens with zero attached hydrogens (tertiary/aromatic N) is 2. The first-order chi connectivity index (χ1) is 15.5. The van der Waals surface area contributed by atoms with Gasteiger partial charge in [0.25, 0.3) is 0 Å². The fourth-order valence-electron chi connectivity index (χ4n) is 5.48. The maximum absolute atomic E-state index is 13.8. The third-order valence-electron chi connectivity index (χ3n) is 7.32. The molecular formula is C25H34N2O5. The van der Waals surface area contributed by atoms with Crippen molar-refractivity contribution in [3.05, 3.63) is 29.8 Å². The Bertz CT molecular complexity index is 842. The quantitative estimate of drug-likeness (QED) is 0.579. The van der Waals surface area contributed by atoms with E-state index in [9.17, 15) is 14.4 Å². The van der Waals surface area contributed by atoms with Gasteiger partial charge in [-0.05, 0) is 50.3 Å². The van der Waals surface area contributed by atoms with Gasteiger partial charge in [0.1, 0.15) is 5.75 Å². The topological polar surface area (TPSA) is 76.2 Å². The number of rotatable bonds is 8. The normalized spacial score (nSPS) is 26.2. The molecule has 2 heterocycles. The molecule has 0 N–H and O–H groups in total. The van der Waals surface area contributed by atoms with Crippen molar-refractivity contribution in [2.24, 2.45) is 0 Å². The first-order valence-electron chi connectivity index (χ1n) is 11.9. The van der Waals surface area contributed by atoms with Gasteiger partial charge >= 0.3 is 0 Å². The largest absolute Gasteiger partial charge is 0.497 e. The minimum atomic E-state index is -1.16. The summed E-state index contributed by atoms with van der Waals surface area (Å²) < 4.78 is 11.0. The molecule has 2 saturated heterocycles. The Labute approximate surface area is 190 Å². The van der Waals surface area contributed by atoms with E-state index in [0.717, 1.165) is 45.1 Å². The third kappa shape index (κ3) is 4.27. The lowest BCUT2D eigenvalue weighted by atomic mass is 9.75. The van der Waals surface area contributed by atoms with E-state index in [1.165, 1.54) is 4.90 Å². The highest BCUT2D eigenvalue weighted by atomic mass is 16.5. The van der Waals surface area contributed by atoms with Crippen LogP contribution in [0.4, 0.5) is 0 Å². The van der Waals surface area contributed by atoms with Crippen molar-refractivity contribution in [2.75, 3.05) is 26.8 Å². The number of ether oxygens (including phenoxy) is 2. The number of hydrogen-bond acceptors (Lipinski definition) is 5. The van der Waals surface area contributed by atoms with E-state index in [0.29, 0.717) is 24.4 Å². The summed E-state index contributed by atoms with van der Waals surface area (Å²) in [6.45, 7) is 3.75. The summed E-state index contributed by atoms with van der Waals surface area (Å²) in [5, 5.41) is 0. The number of likely N-dealkylation sites (tertiary alicyclic amines) is 1. The molecule has 7 heteroatoms.